The number of benzene rings is 1. The van der Waals surface area contributed by atoms with Crippen LogP contribution in [0.15, 0.2) is 16.6 Å². The van der Waals surface area contributed by atoms with E-state index >= 15 is 0 Å². The van der Waals surface area contributed by atoms with E-state index in [1.807, 2.05) is 13.0 Å². The van der Waals surface area contributed by atoms with Crippen LogP contribution in [0, 0.1) is 12.8 Å². The number of hydrogen-bond donors (Lipinski definition) is 2. The largest absolute Gasteiger partial charge is 0.508 e. The Morgan fingerprint density at radius 2 is 2.18 bits per heavy atom. The number of aromatic hydroxyl groups is 1. The molecular weight excluding hydrogens is 284 g/mol. The molecule has 2 rings (SSSR count). The van der Waals surface area contributed by atoms with E-state index in [0.717, 1.165) is 28.4 Å². The van der Waals surface area contributed by atoms with Crippen molar-refractivity contribution >= 4 is 21.9 Å². The van der Waals surface area contributed by atoms with E-state index < -0.39 is 5.97 Å². The second-order valence-electron chi connectivity index (χ2n) is 4.69. The Morgan fingerprint density at radius 1 is 1.53 bits per heavy atom. The molecule has 1 unspecified atom stereocenters. The normalized spacial score (nSPS) is 16.8. The van der Waals surface area contributed by atoms with Crippen molar-refractivity contribution in [2.75, 3.05) is 0 Å². The molecule has 0 aliphatic heterocycles. The van der Waals surface area contributed by atoms with E-state index in [2.05, 4.69) is 15.9 Å². The fourth-order valence-electron chi connectivity index (χ4n) is 2.14. The molecule has 4 heteroatoms. The van der Waals surface area contributed by atoms with Gasteiger partial charge in [-0.25, -0.2) is 0 Å². The van der Waals surface area contributed by atoms with E-state index in [0.29, 0.717) is 5.92 Å². The van der Waals surface area contributed by atoms with Crippen molar-refractivity contribution in [1.82, 2.24) is 0 Å². The highest BCUT2D eigenvalue weighted by Crippen LogP contribution is 2.46. The molecule has 0 heterocycles. The van der Waals surface area contributed by atoms with Crippen LogP contribution in [0.4, 0.5) is 0 Å². The predicted octanol–water partition coefficient (Wildman–Crippen LogP) is 3.43. The maximum Gasteiger partial charge on any atom is 0.303 e. The molecule has 1 aromatic carbocycles. The van der Waals surface area contributed by atoms with Crippen LogP contribution in [0.5, 0.6) is 5.75 Å². The highest BCUT2D eigenvalue weighted by atomic mass is 79.9. The summed E-state index contributed by atoms with van der Waals surface area (Å²) in [6.45, 7) is 1.83. The maximum atomic E-state index is 10.9. The molecule has 0 radical (unpaired) electrons. The van der Waals surface area contributed by atoms with Gasteiger partial charge in [0.2, 0.25) is 0 Å². The molecule has 17 heavy (non-hydrogen) atoms. The number of phenolic OH excluding ortho intramolecular Hbond substituents is 1. The minimum absolute atomic E-state index is 0.0234. The third-order valence-electron chi connectivity index (χ3n) is 3.35. The number of halogens is 1. The van der Waals surface area contributed by atoms with E-state index in [1.54, 1.807) is 6.07 Å². The summed E-state index contributed by atoms with van der Waals surface area (Å²) in [5.41, 5.74) is 1.71. The molecule has 1 aliphatic carbocycles. The van der Waals surface area contributed by atoms with Crippen LogP contribution in [0.2, 0.25) is 0 Å². The number of hydrogen-bond acceptors (Lipinski definition) is 2. The first-order valence-corrected chi connectivity index (χ1v) is 6.49. The van der Waals surface area contributed by atoms with Crippen LogP contribution in [0.1, 0.15) is 36.3 Å². The van der Waals surface area contributed by atoms with Crippen molar-refractivity contribution in [2.24, 2.45) is 5.92 Å². The quantitative estimate of drug-likeness (QED) is 0.895. The summed E-state index contributed by atoms with van der Waals surface area (Å²) in [7, 11) is 0. The standard InChI is InChI=1S/C13H15BrO3/c1-7-11(14)4-9(5-12(7)15)10(6-13(16)17)8-2-3-8/h4-5,8,10,15H,2-3,6H2,1H3,(H,16,17). The van der Waals surface area contributed by atoms with Crippen LogP contribution in [0.3, 0.4) is 0 Å². The second-order valence-corrected chi connectivity index (χ2v) is 5.54. The van der Waals surface area contributed by atoms with Gasteiger partial charge in [0.1, 0.15) is 5.75 Å². The van der Waals surface area contributed by atoms with Gasteiger partial charge in [0.15, 0.2) is 0 Å². The zero-order valence-electron chi connectivity index (χ0n) is 9.61. The second kappa shape index (κ2) is 4.69. The van der Waals surface area contributed by atoms with Gasteiger partial charge in [-0.1, -0.05) is 15.9 Å². The van der Waals surface area contributed by atoms with Gasteiger partial charge in [-0.05, 0) is 49.3 Å². The van der Waals surface area contributed by atoms with Gasteiger partial charge in [-0.15, -0.1) is 0 Å². The zero-order valence-corrected chi connectivity index (χ0v) is 11.2. The number of aliphatic carboxylic acids is 1. The molecule has 92 valence electrons. The van der Waals surface area contributed by atoms with Crippen LogP contribution >= 0.6 is 15.9 Å². The molecule has 0 saturated heterocycles. The molecule has 0 aromatic heterocycles. The lowest BCUT2D eigenvalue weighted by Gasteiger charge is -2.16. The molecule has 2 N–H and O–H groups in total. The number of phenols is 1. The van der Waals surface area contributed by atoms with Gasteiger partial charge in [0.25, 0.3) is 0 Å². The van der Waals surface area contributed by atoms with Crippen molar-refractivity contribution in [3.8, 4) is 5.75 Å². The molecular formula is C13H15BrO3. The Bertz CT molecular complexity index is 429. The van der Waals surface area contributed by atoms with Gasteiger partial charge in [-0.2, -0.15) is 0 Å². The van der Waals surface area contributed by atoms with Crippen LogP contribution in [-0.4, -0.2) is 16.2 Å². The SMILES string of the molecule is Cc1c(O)cc(C(CC(=O)O)C2CC2)cc1Br. The summed E-state index contributed by atoms with van der Waals surface area (Å²) in [6.07, 6.45) is 2.31. The van der Waals surface area contributed by atoms with Crippen molar-refractivity contribution in [1.29, 1.82) is 0 Å². The van der Waals surface area contributed by atoms with E-state index in [4.69, 9.17) is 5.11 Å². The first-order chi connectivity index (χ1) is 7.99. The molecule has 1 saturated carbocycles. The van der Waals surface area contributed by atoms with Gasteiger partial charge < -0.3 is 10.2 Å². The molecule has 1 atom stereocenters. The smallest absolute Gasteiger partial charge is 0.303 e. The van der Waals surface area contributed by atoms with Crippen LogP contribution in [0.25, 0.3) is 0 Å². The zero-order chi connectivity index (χ0) is 12.6. The van der Waals surface area contributed by atoms with Gasteiger partial charge >= 0.3 is 5.97 Å². The summed E-state index contributed by atoms with van der Waals surface area (Å²) in [6, 6.07) is 3.63. The summed E-state index contributed by atoms with van der Waals surface area (Å²) in [5, 5.41) is 18.7. The topological polar surface area (TPSA) is 57.5 Å². The van der Waals surface area contributed by atoms with E-state index in [-0.39, 0.29) is 18.1 Å². The summed E-state index contributed by atoms with van der Waals surface area (Å²) >= 11 is 3.39. The Balaban J connectivity index is 2.32. The number of rotatable bonds is 4. The highest BCUT2D eigenvalue weighted by molar-refractivity contribution is 9.10. The Labute approximate surface area is 109 Å². The first kappa shape index (κ1) is 12.4. The fraction of sp³-hybridized carbons (Fsp3) is 0.462. The van der Waals surface area contributed by atoms with E-state index in [9.17, 15) is 9.90 Å². The van der Waals surface area contributed by atoms with Crippen molar-refractivity contribution in [3.63, 3.8) is 0 Å². The third-order valence-corrected chi connectivity index (χ3v) is 4.18. The van der Waals surface area contributed by atoms with Crippen molar-refractivity contribution in [3.05, 3.63) is 27.7 Å². The summed E-state index contributed by atoms with van der Waals surface area (Å²) < 4.78 is 0.837. The molecule has 0 spiro atoms. The number of carboxylic acids is 1. The van der Waals surface area contributed by atoms with Crippen molar-refractivity contribution in [2.45, 2.75) is 32.1 Å². The molecule has 1 fully saturated rings. The maximum absolute atomic E-state index is 10.9. The predicted molar refractivity (Wildman–Crippen MR) is 68.3 cm³/mol. The van der Waals surface area contributed by atoms with Crippen LogP contribution < -0.4 is 0 Å². The lowest BCUT2D eigenvalue weighted by atomic mass is 9.90. The first-order valence-electron chi connectivity index (χ1n) is 5.70. The molecule has 1 aliphatic rings. The number of carbonyl (C=O) groups is 1. The highest BCUT2D eigenvalue weighted by Gasteiger charge is 2.34. The molecule has 1 aromatic rings. The Hall–Kier alpha value is -1.03. The van der Waals surface area contributed by atoms with Gasteiger partial charge in [0.05, 0.1) is 6.42 Å². The average molecular weight is 299 g/mol. The minimum Gasteiger partial charge on any atom is -0.508 e. The van der Waals surface area contributed by atoms with E-state index in [1.165, 1.54) is 0 Å². The average Bonchev–Trinajstić information content (AvgIpc) is 3.05. The Morgan fingerprint density at radius 3 is 2.65 bits per heavy atom. The lowest BCUT2D eigenvalue weighted by molar-refractivity contribution is -0.137. The molecule has 3 nitrogen and oxygen atoms in total. The molecule has 0 amide bonds. The minimum atomic E-state index is -0.780. The number of carboxylic acid groups (broad SMARTS) is 1. The van der Waals surface area contributed by atoms with Gasteiger partial charge in [0, 0.05) is 10.0 Å². The molecule has 0 bridgehead atoms. The summed E-state index contributed by atoms with van der Waals surface area (Å²) in [4.78, 5) is 10.9. The summed E-state index contributed by atoms with van der Waals surface area (Å²) in [5.74, 6) is -0.0705. The van der Waals surface area contributed by atoms with Gasteiger partial charge in [-0.3, -0.25) is 4.79 Å². The fourth-order valence-corrected chi connectivity index (χ4v) is 2.61. The van der Waals surface area contributed by atoms with Crippen molar-refractivity contribution < 1.29 is 15.0 Å². The Kier molecular flexibility index (Phi) is 3.43. The lowest BCUT2D eigenvalue weighted by Crippen LogP contribution is -2.08. The third kappa shape index (κ3) is 2.80. The van der Waals surface area contributed by atoms with Crippen LogP contribution in [-0.2, 0) is 4.79 Å². The monoisotopic (exact) mass is 298 g/mol.